The monoisotopic (exact) mass is 342 g/mol. The molecule has 2 aromatic heterocycles. The number of alkyl halides is 1. The lowest BCUT2D eigenvalue weighted by atomic mass is 10.0. The van der Waals surface area contributed by atoms with Gasteiger partial charge in [-0.15, -0.1) is 0 Å². The summed E-state index contributed by atoms with van der Waals surface area (Å²) < 4.78 is 0.914. The van der Waals surface area contributed by atoms with Crippen LogP contribution in [0.25, 0.3) is 11.0 Å². The molecule has 4 nitrogen and oxygen atoms in total. The number of nitrogens with one attached hydrogen (secondary N) is 1. The number of pyridine rings is 1. The summed E-state index contributed by atoms with van der Waals surface area (Å²) in [7, 11) is 2.18. The van der Waals surface area contributed by atoms with Crippen molar-refractivity contribution in [2.45, 2.75) is 23.3 Å². The van der Waals surface area contributed by atoms with Crippen molar-refractivity contribution in [2.75, 3.05) is 13.6 Å². The van der Waals surface area contributed by atoms with Crippen molar-refractivity contribution in [2.24, 2.45) is 0 Å². The molecule has 1 saturated heterocycles. The van der Waals surface area contributed by atoms with Gasteiger partial charge in [-0.1, -0.05) is 22.6 Å². The normalized spacial score (nSPS) is 21.4. The lowest BCUT2D eigenvalue weighted by Gasteiger charge is -2.20. The van der Waals surface area contributed by atoms with Gasteiger partial charge in [-0.05, 0) is 26.4 Å². The van der Waals surface area contributed by atoms with Crippen LogP contribution in [0.2, 0.25) is 0 Å². The van der Waals surface area contributed by atoms with E-state index in [4.69, 9.17) is 0 Å². The van der Waals surface area contributed by atoms with Gasteiger partial charge in [0.15, 0.2) is 0 Å². The molecule has 17 heavy (non-hydrogen) atoms. The van der Waals surface area contributed by atoms with E-state index in [1.54, 1.807) is 6.33 Å². The number of halogens is 1. The molecule has 1 atom stereocenters. The van der Waals surface area contributed by atoms with Crippen molar-refractivity contribution in [1.82, 2.24) is 19.9 Å². The third-order valence-electron chi connectivity index (χ3n) is 3.57. The molecule has 1 N–H and O–H groups in total. The molecule has 0 spiro atoms. The zero-order valence-corrected chi connectivity index (χ0v) is 11.9. The Balaban J connectivity index is 2.14. The van der Waals surface area contributed by atoms with Crippen LogP contribution >= 0.6 is 22.6 Å². The molecule has 5 heteroatoms. The Bertz CT molecular complexity index is 536. The number of hydrogen-bond acceptors (Lipinski definition) is 3. The standard InChI is InChI=1S/C12H15IN4/c1-17-4-2-3-10(17)8-6-14-9(5-13)12-11(8)15-7-16-12/h6-7,10H,2-5H2,1H3,(H,15,16)/t10-/m0/s1. The highest BCUT2D eigenvalue weighted by molar-refractivity contribution is 14.1. The van der Waals surface area contributed by atoms with E-state index >= 15 is 0 Å². The molecule has 2 aromatic rings. The average molecular weight is 342 g/mol. The Morgan fingerprint density at radius 3 is 3.12 bits per heavy atom. The van der Waals surface area contributed by atoms with Gasteiger partial charge in [0.2, 0.25) is 0 Å². The van der Waals surface area contributed by atoms with E-state index < -0.39 is 0 Å². The molecule has 0 radical (unpaired) electrons. The molecule has 1 aliphatic rings. The first-order valence-corrected chi connectivity index (χ1v) is 7.41. The van der Waals surface area contributed by atoms with Crippen LogP contribution in [0.3, 0.4) is 0 Å². The summed E-state index contributed by atoms with van der Waals surface area (Å²) in [6.07, 6.45) is 6.27. The molecule has 0 bridgehead atoms. The van der Waals surface area contributed by atoms with E-state index in [0.29, 0.717) is 6.04 Å². The second kappa shape index (κ2) is 4.53. The first kappa shape index (κ1) is 11.4. The minimum atomic E-state index is 0.483. The van der Waals surface area contributed by atoms with Gasteiger partial charge in [0, 0.05) is 22.2 Å². The molecule has 0 unspecified atom stereocenters. The van der Waals surface area contributed by atoms with Crippen LogP contribution < -0.4 is 0 Å². The topological polar surface area (TPSA) is 44.8 Å². The molecule has 0 aromatic carbocycles. The highest BCUT2D eigenvalue weighted by Gasteiger charge is 2.25. The van der Waals surface area contributed by atoms with E-state index in [1.165, 1.54) is 24.9 Å². The smallest absolute Gasteiger partial charge is 0.0964 e. The number of nitrogens with zero attached hydrogens (tertiary/aromatic N) is 3. The summed E-state index contributed by atoms with van der Waals surface area (Å²) >= 11 is 2.34. The zero-order chi connectivity index (χ0) is 11.8. The van der Waals surface area contributed by atoms with Crippen molar-refractivity contribution >= 4 is 33.6 Å². The van der Waals surface area contributed by atoms with E-state index in [1.807, 2.05) is 6.20 Å². The number of likely N-dealkylation sites (tertiary alicyclic amines) is 1. The Kier molecular flexibility index (Phi) is 3.04. The maximum Gasteiger partial charge on any atom is 0.0964 e. The summed E-state index contributed by atoms with van der Waals surface area (Å²) in [5.41, 5.74) is 4.58. The fraction of sp³-hybridized carbons (Fsp3) is 0.500. The Morgan fingerprint density at radius 1 is 1.53 bits per heavy atom. The van der Waals surface area contributed by atoms with Gasteiger partial charge in [-0.25, -0.2) is 4.98 Å². The van der Waals surface area contributed by atoms with Crippen LogP contribution in [0.4, 0.5) is 0 Å². The van der Waals surface area contributed by atoms with E-state index in [-0.39, 0.29) is 0 Å². The summed E-state index contributed by atoms with van der Waals surface area (Å²) in [6, 6.07) is 0.483. The summed E-state index contributed by atoms with van der Waals surface area (Å²) in [5.74, 6) is 0. The fourth-order valence-electron chi connectivity index (χ4n) is 2.65. The molecular formula is C12H15IN4. The van der Waals surface area contributed by atoms with Crippen LogP contribution in [-0.4, -0.2) is 33.4 Å². The Morgan fingerprint density at radius 2 is 2.41 bits per heavy atom. The van der Waals surface area contributed by atoms with Crippen LogP contribution in [0, 0.1) is 0 Å². The molecule has 1 fully saturated rings. The summed E-state index contributed by atoms with van der Waals surface area (Å²) in [4.78, 5) is 14.7. The van der Waals surface area contributed by atoms with Gasteiger partial charge < -0.3 is 4.98 Å². The molecule has 1 aliphatic heterocycles. The molecular weight excluding hydrogens is 327 g/mol. The number of aromatic nitrogens is 3. The van der Waals surface area contributed by atoms with Crippen molar-refractivity contribution in [3.63, 3.8) is 0 Å². The number of imidazole rings is 1. The lowest BCUT2D eigenvalue weighted by Crippen LogP contribution is -2.18. The highest BCUT2D eigenvalue weighted by atomic mass is 127. The minimum Gasteiger partial charge on any atom is -0.343 e. The van der Waals surface area contributed by atoms with Gasteiger partial charge in [0.25, 0.3) is 0 Å². The van der Waals surface area contributed by atoms with Crippen LogP contribution in [0.5, 0.6) is 0 Å². The van der Waals surface area contributed by atoms with Crippen molar-refractivity contribution in [3.8, 4) is 0 Å². The largest absolute Gasteiger partial charge is 0.343 e. The first-order valence-electron chi connectivity index (χ1n) is 5.88. The number of fused-ring (bicyclic) bond motifs is 1. The third kappa shape index (κ3) is 1.85. The SMILES string of the molecule is CN1CCC[C@H]1c1cnc(CI)c2[nH]cnc12. The number of H-pyrrole nitrogens is 1. The van der Waals surface area contributed by atoms with Crippen LogP contribution in [0.15, 0.2) is 12.5 Å². The quantitative estimate of drug-likeness (QED) is 0.674. The Hall–Kier alpha value is -0.690. The third-order valence-corrected chi connectivity index (χ3v) is 4.29. The maximum absolute atomic E-state index is 4.57. The van der Waals surface area contributed by atoms with Crippen LogP contribution in [-0.2, 0) is 4.43 Å². The molecule has 3 rings (SSSR count). The van der Waals surface area contributed by atoms with E-state index in [9.17, 15) is 0 Å². The van der Waals surface area contributed by atoms with Crippen molar-refractivity contribution in [3.05, 3.63) is 23.8 Å². The molecule has 0 aliphatic carbocycles. The molecule has 90 valence electrons. The predicted molar refractivity (Wildman–Crippen MR) is 76.2 cm³/mol. The van der Waals surface area contributed by atoms with E-state index in [2.05, 4.69) is 49.5 Å². The lowest BCUT2D eigenvalue weighted by molar-refractivity contribution is 0.318. The van der Waals surface area contributed by atoms with Gasteiger partial charge in [0.05, 0.1) is 23.1 Å². The van der Waals surface area contributed by atoms with Crippen molar-refractivity contribution in [1.29, 1.82) is 0 Å². The van der Waals surface area contributed by atoms with Gasteiger partial charge in [-0.2, -0.15) is 0 Å². The second-order valence-electron chi connectivity index (χ2n) is 4.56. The predicted octanol–water partition coefficient (Wildman–Crippen LogP) is 2.66. The Labute approximate surface area is 114 Å². The van der Waals surface area contributed by atoms with Gasteiger partial charge in [0.1, 0.15) is 0 Å². The van der Waals surface area contributed by atoms with Crippen molar-refractivity contribution < 1.29 is 0 Å². The minimum absolute atomic E-state index is 0.483. The highest BCUT2D eigenvalue weighted by Crippen LogP contribution is 2.34. The molecule has 0 saturated carbocycles. The number of rotatable bonds is 2. The van der Waals surface area contributed by atoms with Gasteiger partial charge in [-0.3, -0.25) is 9.88 Å². The molecule has 0 amide bonds. The van der Waals surface area contributed by atoms with E-state index in [0.717, 1.165) is 21.2 Å². The van der Waals surface area contributed by atoms with Crippen LogP contribution in [0.1, 0.15) is 30.1 Å². The number of hydrogen-bond donors (Lipinski definition) is 1. The summed E-state index contributed by atoms with van der Waals surface area (Å²) in [6.45, 7) is 1.17. The van der Waals surface area contributed by atoms with Gasteiger partial charge >= 0.3 is 0 Å². The average Bonchev–Trinajstić information content (AvgIpc) is 2.96. The maximum atomic E-state index is 4.57. The molecule has 3 heterocycles. The second-order valence-corrected chi connectivity index (χ2v) is 5.32. The zero-order valence-electron chi connectivity index (χ0n) is 9.78. The number of aromatic amines is 1. The summed E-state index contributed by atoms with van der Waals surface area (Å²) in [5, 5.41) is 0. The first-order chi connectivity index (χ1) is 8.31. The fourth-order valence-corrected chi connectivity index (χ4v) is 3.23.